The molecule has 1 fully saturated rings. The number of halogens is 5. The second-order valence-electron chi connectivity index (χ2n) is 8.97. The molecule has 0 unspecified atom stereocenters. The van der Waals surface area contributed by atoms with E-state index in [1.54, 1.807) is 42.5 Å². The summed E-state index contributed by atoms with van der Waals surface area (Å²) in [6, 6.07) is 17.1. The fourth-order valence-electron chi connectivity index (χ4n) is 4.61. The van der Waals surface area contributed by atoms with Crippen LogP contribution in [0.2, 0.25) is 5.02 Å². The molecular formula is C27H26ClF4N3O2. The smallest absolute Gasteiger partial charge is 0.428 e. The summed E-state index contributed by atoms with van der Waals surface area (Å²) in [5.41, 5.74) is -0.547. The summed E-state index contributed by atoms with van der Waals surface area (Å²) in [5.74, 6) is -0.512. The Bertz CT molecular complexity index is 1190. The van der Waals surface area contributed by atoms with E-state index in [2.05, 4.69) is 20.4 Å². The van der Waals surface area contributed by atoms with E-state index >= 15 is 0 Å². The summed E-state index contributed by atoms with van der Waals surface area (Å²) in [7, 11) is 0. The lowest BCUT2D eigenvalue weighted by atomic mass is 9.80. The SMILES string of the molecule is O=C(NC1CCCC1)N[C@@](Cc1ccccc1)(c1ccc(Cl)cn1)c1ccccc1OC(F)(F)C(F)F. The number of carbonyl (C=O) groups is 1. The molecule has 2 aromatic carbocycles. The first-order chi connectivity index (χ1) is 17.7. The van der Waals surface area contributed by atoms with Gasteiger partial charge in [-0.05, 0) is 36.6 Å². The lowest BCUT2D eigenvalue weighted by Crippen LogP contribution is -2.54. The molecular weight excluding hydrogens is 510 g/mol. The van der Waals surface area contributed by atoms with Gasteiger partial charge in [0.1, 0.15) is 11.3 Å². The summed E-state index contributed by atoms with van der Waals surface area (Å²) < 4.78 is 59.0. The van der Waals surface area contributed by atoms with Gasteiger partial charge >= 0.3 is 18.6 Å². The van der Waals surface area contributed by atoms with Crippen molar-refractivity contribution < 1.29 is 27.1 Å². The maximum absolute atomic E-state index is 14.1. The predicted molar refractivity (Wildman–Crippen MR) is 132 cm³/mol. The first kappa shape index (κ1) is 26.7. The van der Waals surface area contributed by atoms with Crippen LogP contribution in [0.3, 0.4) is 0 Å². The van der Waals surface area contributed by atoms with Crippen molar-refractivity contribution in [2.75, 3.05) is 0 Å². The molecule has 3 aromatic rings. The molecule has 1 heterocycles. The van der Waals surface area contributed by atoms with Gasteiger partial charge in [0.05, 0.1) is 10.7 Å². The van der Waals surface area contributed by atoms with Crippen molar-refractivity contribution in [1.29, 1.82) is 0 Å². The van der Waals surface area contributed by atoms with Crippen LogP contribution in [-0.2, 0) is 12.0 Å². The van der Waals surface area contributed by atoms with Gasteiger partial charge in [-0.25, -0.2) is 4.79 Å². The molecule has 4 rings (SSSR count). The van der Waals surface area contributed by atoms with Gasteiger partial charge in [0.15, 0.2) is 0 Å². The van der Waals surface area contributed by atoms with Gasteiger partial charge in [0.2, 0.25) is 0 Å². The van der Waals surface area contributed by atoms with E-state index in [4.69, 9.17) is 11.6 Å². The van der Waals surface area contributed by atoms with Crippen LogP contribution in [0.1, 0.15) is 42.5 Å². The average Bonchev–Trinajstić information content (AvgIpc) is 3.37. The Morgan fingerprint density at radius 2 is 1.70 bits per heavy atom. The fraction of sp³-hybridized carbons (Fsp3) is 0.333. The van der Waals surface area contributed by atoms with Crippen molar-refractivity contribution in [2.45, 2.75) is 56.2 Å². The predicted octanol–water partition coefficient (Wildman–Crippen LogP) is 6.70. The lowest BCUT2D eigenvalue weighted by molar-refractivity contribution is -0.253. The standard InChI is InChI=1S/C27H26ClF4N3O2/c28-19-14-15-23(33-17-19)26(16-18-8-2-1-3-9-18,35-25(36)34-20-10-4-5-11-20)21-12-6-7-13-22(21)37-27(31,32)24(29)30/h1-3,6-9,12-15,17,20,24H,4-5,10-11,16H2,(H2,34,35,36)/t26-/m1/s1. The largest absolute Gasteiger partial charge is 0.461 e. The number of aromatic nitrogens is 1. The highest BCUT2D eigenvalue weighted by Gasteiger charge is 2.47. The van der Waals surface area contributed by atoms with Crippen LogP contribution >= 0.6 is 11.6 Å². The van der Waals surface area contributed by atoms with E-state index in [9.17, 15) is 22.4 Å². The molecule has 0 saturated heterocycles. The van der Waals surface area contributed by atoms with Crippen LogP contribution in [0.5, 0.6) is 5.75 Å². The first-order valence-corrected chi connectivity index (χ1v) is 12.3. The van der Waals surface area contributed by atoms with Gasteiger partial charge in [0.25, 0.3) is 0 Å². The number of hydrogen-bond acceptors (Lipinski definition) is 3. The zero-order valence-corrected chi connectivity index (χ0v) is 20.5. The summed E-state index contributed by atoms with van der Waals surface area (Å²) in [6.07, 6.45) is -3.79. The van der Waals surface area contributed by atoms with Crippen LogP contribution in [0.15, 0.2) is 72.9 Å². The maximum atomic E-state index is 14.1. The van der Waals surface area contributed by atoms with Crippen molar-refractivity contribution in [3.63, 3.8) is 0 Å². The molecule has 0 aliphatic heterocycles. The third-order valence-electron chi connectivity index (χ3n) is 6.34. The summed E-state index contributed by atoms with van der Waals surface area (Å²) in [6.45, 7) is 0. The minimum absolute atomic E-state index is 0.0376. The van der Waals surface area contributed by atoms with Crippen LogP contribution < -0.4 is 15.4 Å². The number of nitrogens with zero attached hydrogens (tertiary/aromatic N) is 1. The number of amides is 2. The molecule has 2 amide bonds. The molecule has 1 aromatic heterocycles. The summed E-state index contributed by atoms with van der Waals surface area (Å²) in [5, 5.41) is 6.21. The Morgan fingerprint density at radius 3 is 2.35 bits per heavy atom. The van der Waals surface area contributed by atoms with Crippen LogP contribution in [-0.4, -0.2) is 29.6 Å². The number of benzene rings is 2. The molecule has 0 bridgehead atoms. The number of urea groups is 1. The molecule has 0 spiro atoms. The molecule has 1 aliphatic rings. The number of para-hydroxylation sites is 1. The minimum Gasteiger partial charge on any atom is -0.428 e. The Kier molecular flexibility index (Phi) is 8.22. The van der Waals surface area contributed by atoms with E-state index in [1.165, 1.54) is 18.3 Å². The van der Waals surface area contributed by atoms with Crippen molar-refractivity contribution >= 4 is 17.6 Å². The Labute approximate surface area is 217 Å². The molecule has 1 atom stereocenters. The normalized spacial score (nSPS) is 15.8. The number of carbonyl (C=O) groups excluding carboxylic acids is 1. The number of ether oxygens (including phenoxy) is 1. The number of pyridine rings is 1. The van der Waals surface area contributed by atoms with E-state index < -0.39 is 29.9 Å². The molecule has 37 heavy (non-hydrogen) atoms. The highest BCUT2D eigenvalue weighted by Crippen LogP contribution is 2.40. The van der Waals surface area contributed by atoms with E-state index in [0.29, 0.717) is 5.02 Å². The maximum Gasteiger partial charge on any atom is 0.461 e. The van der Waals surface area contributed by atoms with Gasteiger partial charge in [-0.1, -0.05) is 73.0 Å². The molecule has 0 radical (unpaired) electrons. The molecule has 10 heteroatoms. The van der Waals surface area contributed by atoms with E-state index in [-0.39, 0.29) is 23.7 Å². The zero-order valence-electron chi connectivity index (χ0n) is 19.8. The monoisotopic (exact) mass is 535 g/mol. The fourth-order valence-corrected chi connectivity index (χ4v) is 4.73. The van der Waals surface area contributed by atoms with Crippen molar-refractivity contribution in [3.05, 3.63) is 94.8 Å². The number of nitrogens with one attached hydrogen (secondary N) is 2. The van der Waals surface area contributed by atoms with E-state index in [0.717, 1.165) is 37.3 Å². The van der Waals surface area contributed by atoms with Crippen LogP contribution in [0.4, 0.5) is 22.4 Å². The van der Waals surface area contributed by atoms with Crippen molar-refractivity contribution in [1.82, 2.24) is 15.6 Å². The second-order valence-corrected chi connectivity index (χ2v) is 9.41. The third kappa shape index (κ3) is 6.33. The molecule has 196 valence electrons. The van der Waals surface area contributed by atoms with Gasteiger partial charge in [-0.3, -0.25) is 4.98 Å². The minimum atomic E-state index is -4.76. The summed E-state index contributed by atoms with van der Waals surface area (Å²) >= 11 is 6.07. The Balaban J connectivity index is 1.88. The summed E-state index contributed by atoms with van der Waals surface area (Å²) in [4.78, 5) is 17.8. The van der Waals surface area contributed by atoms with Crippen LogP contribution in [0, 0.1) is 0 Å². The van der Waals surface area contributed by atoms with Crippen LogP contribution in [0.25, 0.3) is 0 Å². The second kappa shape index (κ2) is 11.4. The van der Waals surface area contributed by atoms with E-state index in [1.807, 2.05) is 6.07 Å². The lowest BCUT2D eigenvalue weighted by Gasteiger charge is -2.37. The quantitative estimate of drug-likeness (QED) is 0.300. The van der Waals surface area contributed by atoms with Crippen molar-refractivity contribution in [2.24, 2.45) is 0 Å². The van der Waals surface area contributed by atoms with Gasteiger partial charge in [-0.15, -0.1) is 0 Å². The molecule has 1 aliphatic carbocycles. The topological polar surface area (TPSA) is 63.2 Å². The zero-order chi connectivity index (χ0) is 26.5. The van der Waals surface area contributed by atoms with Gasteiger partial charge < -0.3 is 15.4 Å². The number of hydrogen-bond donors (Lipinski definition) is 2. The molecule has 2 N–H and O–H groups in total. The molecule has 1 saturated carbocycles. The Hall–Kier alpha value is -3.33. The highest BCUT2D eigenvalue weighted by atomic mass is 35.5. The number of alkyl halides is 4. The molecule has 5 nitrogen and oxygen atoms in total. The van der Waals surface area contributed by atoms with Crippen molar-refractivity contribution in [3.8, 4) is 5.75 Å². The third-order valence-corrected chi connectivity index (χ3v) is 6.56. The Morgan fingerprint density at radius 1 is 1.03 bits per heavy atom. The first-order valence-electron chi connectivity index (χ1n) is 11.9. The highest BCUT2D eigenvalue weighted by molar-refractivity contribution is 6.30. The number of rotatable bonds is 9. The van der Waals surface area contributed by atoms with Gasteiger partial charge in [-0.2, -0.15) is 17.6 Å². The van der Waals surface area contributed by atoms with Gasteiger partial charge in [0, 0.05) is 24.2 Å². The average molecular weight is 536 g/mol.